The Morgan fingerprint density at radius 1 is 0.946 bits per heavy atom. The van der Waals surface area contributed by atoms with Gasteiger partial charge >= 0.3 is 5.97 Å². The summed E-state index contributed by atoms with van der Waals surface area (Å²) in [7, 11) is 4.60. The van der Waals surface area contributed by atoms with Crippen molar-refractivity contribution in [3.63, 3.8) is 0 Å². The number of aliphatic hydroxyl groups excluding tert-OH is 1. The lowest BCUT2D eigenvalue weighted by Crippen LogP contribution is -2.29. The molecule has 0 radical (unpaired) electrons. The van der Waals surface area contributed by atoms with Crippen LogP contribution in [0.1, 0.15) is 46.9 Å². The van der Waals surface area contributed by atoms with Gasteiger partial charge in [-0.1, -0.05) is 37.6 Å². The minimum absolute atomic E-state index is 0.0890. The molecule has 3 rings (SSSR count). The highest BCUT2D eigenvalue weighted by Gasteiger charge is 2.24. The number of anilines is 2. The van der Waals surface area contributed by atoms with Gasteiger partial charge in [-0.05, 0) is 48.7 Å². The third-order valence-corrected chi connectivity index (χ3v) is 6.01. The molecule has 9 heteroatoms. The summed E-state index contributed by atoms with van der Waals surface area (Å²) in [5.41, 5.74) is 2.83. The predicted molar refractivity (Wildman–Crippen MR) is 143 cm³/mol. The highest BCUT2D eigenvalue weighted by molar-refractivity contribution is 5.96. The lowest BCUT2D eigenvalue weighted by molar-refractivity contribution is 0.0600. The number of hydrogen-bond acceptors (Lipinski definition) is 9. The van der Waals surface area contributed by atoms with Crippen LogP contribution >= 0.6 is 0 Å². The number of nitrogens with one attached hydrogen (secondary N) is 1. The van der Waals surface area contributed by atoms with Crippen molar-refractivity contribution in [1.29, 1.82) is 0 Å². The van der Waals surface area contributed by atoms with E-state index in [-0.39, 0.29) is 18.2 Å². The second kappa shape index (κ2) is 13.5. The van der Waals surface area contributed by atoms with E-state index >= 15 is 0 Å². The molecule has 37 heavy (non-hydrogen) atoms. The number of nitrogens with zero attached hydrogens (tertiary/aromatic N) is 3. The summed E-state index contributed by atoms with van der Waals surface area (Å²) in [6.07, 6.45) is 1.58. The maximum atomic E-state index is 12.6. The van der Waals surface area contributed by atoms with E-state index in [0.717, 1.165) is 35.5 Å². The standard InChI is InChI=1S/C28H36N4O5/c1-6-7-22(18-33)30-26-25(27(34)37-5)19(2)29-28(31-26)32(16-20-8-12-23(35-3)13-9-20)17-21-10-14-24(36-4)15-11-21/h8-15,22,33H,6-7,16-18H2,1-5H3,(H,29,30,31)/t22-/m1/s1. The normalized spacial score (nSPS) is 11.5. The second-order valence-electron chi connectivity index (χ2n) is 8.69. The monoisotopic (exact) mass is 508 g/mol. The van der Waals surface area contributed by atoms with Gasteiger partial charge in [-0.15, -0.1) is 0 Å². The van der Waals surface area contributed by atoms with Crippen LogP contribution < -0.4 is 19.7 Å². The number of aryl methyl sites for hydroxylation is 1. The second-order valence-corrected chi connectivity index (χ2v) is 8.69. The Hall–Kier alpha value is -3.85. The SMILES string of the molecule is CCC[C@H](CO)Nc1nc(N(Cc2ccc(OC)cc2)Cc2ccc(OC)cc2)nc(C)c1C(=O)OC. The van der Waals surface area contributed by atoms with Crippen LogP contribution in [-0.4, -0.2) is 55.0 Å². The van der Waals surface area contributed by atoms with Gasteiger partial charge in [0.05, 0.1) is 39.7 Å². The van der Waals surface area contributed by atoms with Gasteiger partial charge in [0, 0.05) is 13.1 Å². The number of rotatable bonds is 13. The van der Waals surface area contributed by atoms with Crippen molar-refractivity contribution in [2.24, 2.45) is 0 Å². The molecule has 9 nitrogen and oxygen atoms in total. The minimum atomic E-state index is -0.531. The summed E-state index contributed by atoms with van der Waals surface area (Å²) >= 11 is 0. The van der Waals surface area contributed by atoms with E-state index in [2.05, 4.69) is 5.32 Å². The van der Waals surface area contributed by atoms with Crippen molar-refractivity contribution in [3.8, 4) is 11.5 Å². The largest absolute Gasteiger partial charge is 0.497 e. The first kappa shape index (κ1) is 27.7. The summed E-state index contributed by atoms with van der Waals surface area (Å²) in [4.78, 5) is 24.1. The molecule has 0 saturated heterocycles. The molecular formula is C28H36N4O5. The topological polar surface area (TPSA) is 106 Å². The Labute approximate surface area is 218 Å². The molecule has 0 bridgehead atoms. The summed E-state index contributed by atoms with van der Waals surface area (Å²) in [6.45, 7) is 4.74. The van der Waals surface area contributed by atoms with Crippen molar-refractivity contribution < 1.29 is 24.1 Å². The number of aliphatic hydroxyl groups is 1. The molecule has 2 aromatic carbocycles. The van der Waals surface area contributed by atoms with Gasteiger partial charge in [-0.2, -0.15) is 4.98 Å². The van der Waals surface area contributed by atoms with E-state index in [4.69, 9.17) is 24.2 Å². The number of ether oxygens (including phenoxy) is 3. The number of esters is 1. The molecule has 0 saturated carbocycles. The fraction of sp³-hybridized carbons (Fsp3) is 0.393. The maximum Gasteiger partial charge on any atom is 0.343 e. The van der Waals surface area contributed by atoms with Crippen LogP contribution in [0.3, 0.4) is 0 Å². The van der Waals surface area contributed by atoms with Crippen molar-refractivity contribution in [1.82, 2.24) is 9.97 Å². The fourth-order valence-electron chi connectivity index (χ4n) is 4.00. The highest BCUT2D eigenvalue weighted by Crippen LogP contribution is 2.26. The van der Waals surface area contributed by atoms with Crippen LogP contribution in [0.2, 0.25) is 0 Å². The van der Waals surface area contributed by atoms with Crippen molar-refractivity contribution >= 4 is 17.7 Å². The summed E-state index contributed by atoms with van der Waals surface area (Å²) in [5.74, 6) is 1.82. The van der Waals surface area contributed by atoms with Gasteiger partial charge in [0.25, 0.3) is 0 Å². The minimum Gasteiger partial charge on any atom is -0.497 e. The van der Waals surface area contributed by atoms with Gasteiger partial charge in [0.1, 0.15) is 22.9 Å². The number of hydrogen-bond donors (Lipinski definition) is 2. The highest BCUT2D eigenvalue weighted by atomic mass is 16.5. The van der Waals surface area contributed by atoms with Crippen LogP contribution in [0.5, 0.6) is 11.5 Å². The lowest BCUT2D eigenvalue weighted by atomic mass is 10.1. The Bertz CT molecular complexity index is 1100. The van der Waals surface area contributed by atoms with Crippen molar-refractivity contribution in [2.75, 3.05) is 38.2 Å². The molecule has 1 aromatic heterocycles. The van der Waals surface area contributed by atoms with Crippen LogP contribution in [-0.2, 0) is 17.8 Å². The number of benzene rings is 2. The third-order valence-electron chi connectivity index (χ3n) is 6.01. The Kier molecular flexibility index (Phi) is 10.1. The maximum absolute atomic E-state index is 12.6. The average Bonchev–Trinajstić information content (AvgIpc) is 2.92. The molecule has 0 aliphatic carbocycles. The quantitative estimate of drug-likeness (QED) is 0.326. The first-order valence-electron chi connectivity index (χ1n) is 12.3. The van der Waals surface area contributed by atoms with E-state index in [9.17, 15) is 9.90 Å². The smallest absolute Gasteiger partial charge is 0.343 e. The molecule has 0 amide bonds. The zero-order valence-corrected chi connectivity index (χ0v) is 22.2. The number of carbonyl (C=O) groups excluding carboxylic acids is 1. The van der Waals surface area contributed by atoms with Crippen LogP contribution in [0.4, 0.5) is 11.8 Å². The van der Waals surface area contributed by atoms with Crippen LogP contribution in [0.25, 0.3) is 0 Å². The zero-order chi connectivity index (χ0) is 26.8. The Balaban J connectivity index is 2.05. The molecule has 198 valence electrons. The summed E-state index contributed by atoms with van der Waals surface area (Å²) in [5, 5.41) is 13.1. The van der Waals surface area contributed by atoms with E-state index < -0.39 is 5.97 Å². The van der Waals surface area contributed by atoms with E-state index in [1.54, 1.807) is 21.1 Å². The van der Waals surface area contributed by atoms with Gasteiger partial charge in [0.15, 0.2) is 0 Å². The molecule has 2 N–H and O–H groups in total. The molecular weight excluding hydrogens is 472 g/mol. The van der Waals surface area contributed by atoms with E-state index in [0.29, 0.717) is 30.5 Å². The molecule has 0 fully saturated rings. The van der Waals surface area contributed by atoms with Gasteiger partial charge in [0.2, 0.25) is 5.95 Å². The molecule has 3 aromatic rings. The fourth-order valence-corrected chi connectivity index (χ4v) is 4.00. The number of methoxy groups -OCH3 is 3. The summed E-state index contributed by atoms with van der Waals surface area (Å²) < 4.78 is 15.6. The molecule has 0 aliphatic heterocycles. The average molecular weight is 509 g/mol. The molecule has 0 aliphatic rings. The van der Waals surface area contributed by atoms with Crippen LogP contribution in [0.15, 0.2) is 48.5 Å². The first-order chi connectivity index (χ1) is 17.9. The number of aromatic nitrogens is 2. The predicted octanol–water partition coefficient (Wildman–Crippen LogP) is 4.37. The lowest BCUT2D eigenvalue weighted by Gasteiger charge is -2.26. The zero-order valence-electron chi connectivity index (χ0n) is 22.2. The molecule has 0 unspecified atom stereocenters. The van der Waals surface area contributed by atoms with Gasteiger partial charge in [-0.25, -0.2) is 9.78 Å². The molecule has 1 heterocycles. The van der Waals surface area contributed by atoms with Crippen molar-refractivity contribution in [2.45, 2.75) is 45.8 Å². The van der Waals surface area contributed by atoms with Gasteiger partial charge in [-0.3, -0.25) is 0 Å². The third kappa shape index (κ3) is 7.33. The Morgan fingerprint density at radius 2 is 1.49 bits per heavy atom. The van der Waals surface area contributed by atoms with Crippen LogP contribution in [0, 0.1) is 6.92 Å². The van der Waals surface area contributed by atoms with Crippen molar-refractivity contribution in [3.05, 3.63) is 70.9 Å². The van der Waals surface area contributed by atoms with E-state index in [1.807, 2.05) is 60.4 Å². The van der Waals surface area contributed by atoms with E-state index in [1.165, 1.54) is 7.11 Å². The number of carbonyl (C=O) groups is 1. The van der Waals surface area contributed by atoms with Gasteiger partial charge < -0.3 is 29.5 Å². The molecule has 1 atom stereocenters. The first-order valence-corrected chi connectivity index (χ1v) is 12.3. The molecule has 0 spiro atoms. The summed E-state index contributed by atoms with van der Waals surface area (Å²) in [6, 6.07) is 15.4. The Morgan fingerprint density at radius 3 is 1.92 bits per heavy atom.